The van der Waals surface area contributed by atoms with Crippen molar-refractivity contribution in [1.29, 1.82) is 0 Å². The number of rotatable bonds is 4. The van der Waals surface area contributed by atoms with Gasteiger partial charge in [0.1, 0.15) is 11.6 Å². The van der Waals surface area contributed by atoms with Crippen LogP contribution in [0.5, 0.6) is 0 Å². The van der Waals surface area contributed by atoms with E-state index in [1.807, 2.05) is 0 Å². The zero-order valence-electron chi connectivity index (χ0n) is 10.4. The Hall–Kier alpha value is -1.15. The molecular weight excluding hydrogens is 308 g/mol. The number of thioether (sulfide) groups is 1. The molecule has 1 aromatic carbocycles. The van der Waals surface area contributed by atoms with Crippen molar-refractivity contribution in [2.75, 3.05) is 17.3 Å². The molecular formula is C12H13F2NO3S2. The molecule has 0 aliphatic carbocycles. The maximum Gasteiger partial charge on any atom is 0.230 e. The second-order valence-electron chi connectivity index (χ2n) is 4.53. The van der Waals surface area contributed by atoms with E-state index in [9.17, 15) is 22.0 Å². The lowest BCUT2D eigenvalue weighted by Gasteiger charge is -2.10. The first kappa shape index (κ1) is 15.2. The molecule has 2 rings (SSSR count). The predicted molar refractivity (Wildman–Crippen MR) is 72.3 cm³/mol. The van der Waals surface area contributed by atoms with Crippen molar-refractivity contribution >= 4 is 27.5 Å². The average molecular weight is 321 g/mol. The number of sulfone groups is 1. The van der Waals surface area contributed by atoms with Crippen LogP contribution < -0.4 is 5.32 Å². The van der Waals surface area contributed by atoms with Crippen LogP contribution in [-0.4, -0.2) is 37.6 Å². The average Bonchev–Trinajstić information content (AvgIpc) is 2.67. The highest BCUT2D eigenvalue weighted by Crippen LogP contribution is 2.22. The minimum Gasteiger partial charge on any atom is -0.352 e. The van der Waals surface area contributed by atoms with Gasteiger partial charge in [0.15, 0.2) is 9.84 Å². The molecule has 1 atom stereocenters. The van der Waals surface area contributed by atoms with Crippen LogP contribution in [0.3, 0.4) is 0 Å². The third-order valence-electron chi connectivity index (χ3n) is 2.85. The highest BCUT2D eigenvalue weighted by atomic mass is 32.2. The molecule has 1 aliphatic rings. The normalized spacial score (nSPS) is 20.8. The van der Waals surface area contributed by atoms with Gasteiger partial charge in [0.2, 0.25) is 5.91 Å². The van der Waals surface area contributed by atoms with Crippen LogP contribution in [0.25, 0.3) is 0 Å². The van der Waals surface area contributed by atoms with Crippen LogP contribution in [0, 0.1) is 11.6 Å². The van der Waals surface area contributed by atoms with E-state index in [1.54, 1.807) is 0 Å². The van der Waals surface area contributed by atoms with Gasteiger partial charge in [0, 0.05) is 17.0 Å². The largest absolute Gasteiger partial charge is 0.352 e. The molecule has 1 aromatic rings. The summed E-state index contributed by atoms with van der Waals surface area (Å²) in [5.41, 5.74) is 0. The zero-order chi connectivity index (χ0) is 14.8. The molecule has 1 fully saturated rings. The summed E-state index contributed by atoms with van der Waals surface area (Å²) in [6.07, 6.45) is 0.406. The summed E-state index contributed by atoms with van der Waals surface area (Å²) in [6, 6.07) is 2.77. The first-order chi connectivity index (χ1) is 9.35. The number of benzene rings is 1. The van der Waals surface area contributed by atoms with Crippen LogP contribution in [0.1, 0.15) is 6.42 Å². The summed E-state index contributed by atoms with van der Waals surface area (Å²) >= 11 is 0.944. The van der Waals surface area contributed by atoms with Gasteiger partial charge in [0.05, 0.1) is 17.3 Å². The molecule has 1 saturated heterocycles. The lowest BCUT2D eigenvalue weighted by Crippen LogP contribution is -2.36. The van der Waals surface area contributed by atoms with E-state index in [-0.39, 0.29) is 34.1 Å². The summed E-state index contributed by atoms with van der Waals surface area (Å²) in [7, 11) is -3.04. The van der Waals surface area contributed by atoms with Crippen LogP contribution in [-0.2, 0) is 14.6 Å². The second-order valence-corrected chi connectivity index (χ2v) is 7.78. The van der Waals surface area contributed by atoms with Crippen molar-refractivity contribution in [2.24, 2.45) is 0 Å². The van der Waals surface area contributed by atoms with Crippen molar-refractivity contribution < 1.29 is 22.0 Å². The summed E-state index contributed by atoms with van der Waals surface area (Å²) in [5, 5.41) is 2.60. The quantitative estimate of drug-likeness (QED) is 0.851. The Morgan fingerprint density at radius 3 is 2.75 bits per heavy atom. The Bertz CT molecular complexity index is 619. The molecule has 20 heavy (non-hydrogen) atoms. The fraction of sp³-hybridized carbons (Fsp3) is 0.417. The number of carbonyl (C=O) groups excluding carboxylic acids is 1. The number of carbonyl (C=O) groups is 1. The van der Waals surface area contributed by atoms with Crippen molar-refractivity contribution in [1.82, 2.24) is 5.32 Å². The van der Waals surface area contributed by atoms with Crippen LogP contribution in [0.2, 0.25) is 0 Å². The number of halogens is 2. The second kappa shape index (κ2) is 6.09. The van der Waals surface area contributed by atoms with Gasteiger partial charge in [-0.05, 0) is 18.6 Å². The maximum atomic E-state index is 13.3. The first-order valence-electron chi connectivity index (χ1n) is 5.93. The van der Waals surface area contributed by atoms with Gasteiger partial charge in [-0.2, -0.15) is 0 Å². The molecule has 0 saturated carbocycles. The Morgan fingerprint density at radius 1 is 1.40 bits per heavy atom. The van der Waals surface area contributed by atoms with Crippen molar-refractivity contribution in [3.63, 3.8) is 0 Å². The van der Waals surface area contributed by atoms with Gasteiger partial charge in [-0.1, -0.05) is 0 Å². The summed E-state index contributed by atoms with van der Waals surface area (Å²) in [6.45, 7) is 0. The predicted octanol–water partition coefficient (Wildman–Crippen LogP) is 1.36. The molecule has 8 heteroatoms. The molecule has 110 valence electrons. The fourth-order valence-electron chi connectivity index (χ4n) is 1.91. The molecule has 1 unspecified atom stereocenters. The highest BCUT2D eigenvalue weighted by molar-refractivity contribution is 8.00. The van der Waals surface area contributed by atoms with E-state index in [4.69, 9.17) is 0 Å². The standard InChI is InChI=1S/C12H13F2NO3S2/c13-8-1-2-11(10(14)5-8)19-6-12(16)15-9-3-4-20(17,18)7-9/h1-2,5,9H,3-4,6-7H2,(H,15,16). The topological polar surface area (TPSA) is 63.2 Å². The highest BCUT2D eigenvalue weighted by Gasteiger charge is 2.28. The van der Waals surface area contributed by atoms with Crippen molar-refractivity contribution in [2.45, 2.75) is 17.4 Å². The molecule has 1 aliphatic heterocycles. The Balaban J connectivity index is 1.84. The zero-order valence-corrected chi connectivity index (χ0v) is 12.1. The van der Waals surface area contributed by atoms with Gasteiger partial charge in [-0.15, -0.1) is 11.8 Å². The molecule has 1 heterocycles. The minimum atomic E-state index is -3.04. The van der Waals surface area contributed by atoms with Crippen LogP contribution in [0.15, 0.2) is 23.1 Å². The van der Waals surface area contributed by atoms with E-state index in [1.165, 1.54) is 6.07 Å². The van der Waals surface area contributed by atoms with Crippen molar-refractivity contribution in [3.05, 3.63) is 29.8 Å². The monoisotopic (exact) mass is 321 g/mol. The number of nitrogens with one attached hydrogen (secondary N) is 1. The minimum absolute atomic E-state index is 0.0426. The third-order valence-corrected chi connectivity index (χ3v) is 5.67. The molecule has 0 bridgehead atoms. The third kappa shape index (κ3) is 4.17. The van der Waals surface area contributed by atoms with E-state index < -0.39 is 21.5 Å². The number of hydrogen-bond acceptors (Lipinski definition) is 4. The SMILES string of the molecule is O=C(CSc1ccc(F)cc1F)NC1CCS(=O)(=O)C1. The maximum absolute atomic E-state index is 13.3. The molecule has 4 nitrogen and oxygen atoms in total. The van der Waals surface area contributed by atoms with Gasteiger partial charge in [0.25, 0.3) is 0 Å². The van der Waals surface area contributed by atoms with Gasteiger partial charge in [-0.25, -0.2) is 17.2 Å². The van der Waals surface area contributed by atoms with E-state index in [2.05, 4.69) is 5.32 Å². The summed E-state index contributed by atoms with van der Waals surface area (Å²) in [5.74, 6) is -1.76. The van der Waals surface area contributed by atoms with E-state index >= 15 is 0 Å². The Labute approximate surface area is 119 Å². The van der Waals surface area contributed by atoms with Crippen LogP contribution >= 0.6 is 11.8 Å². The molecule has 0 aromatic heterocycles. The van der Waals surface area contributed by atoms with Gasteiger partial charge >= 0.3 is 0 Å². The lowest BCUT2D eigenvalue weighted by molar-refractivity contribution is -0.119. The van der Waals surface area contributed by atoms with Crippen molar-refractivity contribution in [3.8, 4) is 0 Å². The van der Waals surface area contributed by atoms with Gasteiger partial charge in [-0.3, -0.25) is 4.79 Å². The molecule has 0 spiro atoms. The Morgan fingerprint density at radius 2 is 2.15 bits per heavy atom. The number of hydrogen-bond donors (Lipinski definition) is 1. The molecule has 1 N–H and O–H groups in total. The lowest BCUT2D eigenvalue weighted by atomic mass is 10.3. The number of amides is 1. The van der Waals surface area contributed by atoms with Crippen LogP contribution in [0.4, 0.5) is 8.78 Å². The van der Waals surface area contributed by atoms with Gasteiger partial charge < -0.3 is 5.32 Å². The van der Waals surface area contributed by atoms with E-state index in [0.717, 1.165) is 23.9 Å². The molecule has 1 amide bonds. The smallest absolute Gasteiger partial charge is 0.230 e. The summed E-state index contributed by atoms with van der Waals surface area (Å²) in [4.78, 5) is 11.8. The summed E-state index contributed by atoms with van der Waals surface area (Å²) < 4.78 is 48.5. The Kier molecular flexibility index (Phi) is 4.64. The fourth-order valence-corrected chi connectivity index (χ4v) is 4.32. The van der Waals surface area contributed by atoms with E-state index in [0.29, 0.717) is 6.42 Å². The molecule has 0 radical (unpaired) electrons. The first-order valence-corrected chi connectivity index (χ1v) is 8.74.